The molecule has 0 aliphatic carbocycles. The molecular weight excluding hydrogens is 484 g/mol. The molecule has 38 heavy (non-hydrogen) atoms. The van der Waals surface area contributed by atoms with Crippen LogP contribution in [0, 0.1) is 31.6 Å². The van der Waals surface area contributed by atoms with Gasteiger partial charge in [-0.2, -0.15) is 0 Å². The van der Waals surface area contributed by atoms with Gasteiger partial charge in [0, 0.05) is 12.2 Å². The first-order valence-electron chi connectivity index (χ1n) is 13.5. The zero-order valence-corrected chi connectivity index (χ0v) is 22.9. The molecule has 8 heteroatoms. The molecule has 3 heterocycles. The normalized spacial score (nSPS) is 29.1. The van der Waals surface area contributed by atoms with Crippen LogP contribution in [0.4, 0.5) is 5.69 Å². The Hall–Kier alpha value is -2.97. The molecule has 2 amide bonds. The van der Waals surface area contributed by atoms with Crippen LogP contribution in [0.15, 0.2) is 43.5 Å². The quantitative estimate of drug-likeness (QED) is 0.352. The number of ether oxygens (including phenoxy) is 2. The third kappa shape index (κ3) is 4.37. The lowest BCUT2D eigenvalue weighted by atomic mass is 9.70. The zero-order valence-electron chi connectivity index (χ0n) is 22.9. The van der Waals surface area contributed by atoms with Crippen LogP contribution < -0.4 is 4.90 Å². The van der Waals surface area contributed by atoms with Gasteiger partial charge in [0.25, 0.3) is 5.91 Å². The Labute approximate surface area is 225 Å². The van der Waals surface area contributed by atoms with E-state index in [-0.39, 0.29) is 37.5 Å². The summed E-state index contributed by atoms with van der Waals surface area (Å²) >= 11 is 0. The number of likely N-dealkylation sites (tertiary alicyclic amines) is 1. The van der Waals surface area contributed by atoms with Gasteiger partial charge in [0.2, 0.25) is 5.91 Å². The lowest BCUT2D eigenvalue weighted by Crippen LogP contribution is -2.60. The van der Waals surface area contributed by atoms with Crippen molar-refractivity contribution in [3.8, 4) is 0 Å². The first-order chi connectivity index (χ1) is 18.2. The minimum Gasteiger partial charge on any atom is -0.461 e. The minimum absolute atomic E-state index is 0.0356. The Morgan fingerprint density at radius 1 is 1.32 bits per heavy atom. The number of aliphatic hydroxyl groups is 1. The first-order valence-corrected chi connectivity index (χ1v) is 13.5. The van der Waals surface area contributed by atoms with E-state index < -0.39 is 41.6 Å². The molecule has 3 aliphatic rings. The van der Waals surface area contributed by atoms with E-state index in [9.17, 15) is 19.5 Å². The van der Waals surface area contributed by atoms with Gasteiger partial charge in [-0.1, -0.05) is 51.1 Å². The monoisotopic (exact) mass is 524 g/mol. The molecule has 1 aromatic carbocycles. The van der Waals surface area contributed by atoms with Crippen molar-refractivity contribution in [1.29, 1.82) is 0 Å². The Balaban J connectivity index is 1.85. The van der Waals surface area contributed by atoms with E-state index in [0.717, 1.165) is 16.8 Å². The molecule has 3 saturated heterocycles. The molecule has 3 fully saturated rings. The number of hydrogen-bond donors (Lipinski definition) is 1. The number of carbonyl (C=O) groups excluding carboxylic acids is 3. The SMILES string of the molecule is C=CCOC(=O)[C@@H]1[C@@H]2CCC3(O2)C(C(=O)N(CC=C)c2cc(C)ccc2C)N([C@@H](CO)[C@@H](C)CC)C(=O)[C@H]13. The Bertz CT molecular complexity index is 1120. The summed E-state index contributed by atoms with van der Waals surface area (Å²) in [6, 6.07) is 4.31. The van der Waals surface area contributed by atoms with Crippen LogP contribution in [0.5, 0.6) is 0 Å². The second kappa shape index (κ2) is 11.0. The van der Waals surface area contributed by atoms with Gasteiger partial charge in [0.15, 0.2) is 0 Å². The van der Waals surface area contributed by atoms with E-state index in [1.165, 1.54) is 11.0 Å². The molecule has 0 radical (unpaired) electrons. The van der Waals surface area contributed by atoms with Crippen LogP contribution in [-0.4, -0.2) is 71.3 Å². The molecule has 2 unspecified atom stereocenters. The molecule has 0 aromatic heterocycles. The Morgan fingerprint density at radius 3 is 2.68 bits per heavy atom. The van der Waals surface area contributed by atoms with E-state index in [0.29, 0.717) is 19.3 Å². The van der Waals surface area contributed by atoms with Crippen molar-refractivity contribution in [1.82, 2.24) is 4.90 Å². The number of hydrogen-bond acceptors (Lipinski definition) is 6. The molecule has 8 nitrogen and oxygen atoms in total. The summed E-state index contributed by atoms with van der Waals surface area (Å²) < 4.78 is 11.9. The predicted molar refractivity (Wildman–Crippen MR) is 144 cm³/mol. The molecule has 1 aromatic rings. The van der Waals surface area contributed by atoms with Gasteiger partial charge in [0.05, 0.1) is 30.6 Å². The van der Waals surface area contributed by atoms with Crippen molar-refractivity contribution in [2.24, 2.45) is 17.8 Å². The van der Waals surface area contributed by atoms with Gasteiger partial charge in [-0.15, -0.1) is 6.58 Å². The molecule has 7 atom stereocenters. The maximum atomic E-state index is 14.7. The summed E-state index contributed by atoms with van der Waals surface area (Å²) in [6.07, 6.45) is 4.38. The number of benzene rings is 1. The van der Waals surface area contributed by atoms with Crippen molar-refractivity contribution >= 4 is 23.5 Å². The van der Waals surface area contributed by atoms with Crippen LogP contribution >= 0.6 is 0 Å². The van der Waals surface area contributed by atoms with E-state index in [1.807, 2.05) is 45.9 Å². The van der Waals surface area contributed by atoms with Gasteiger partial charge in [-0.3, -0.25) is 14.4 Å². The van der Waals surface area contributed by atoms with Crippen molar-refractivity contribution in [3.63, 3.8) is 0 Å². The highest BCUT2D eigenvalue weighted by Crippen LogP contribution is 2.59. The molecule has 1 spiro atoms. The van der Waals surface area contributed by atoms with Crippen LogP contribution in [0.25, 0.3) is 0 Å². The molecular formula is C30H40N2O6. The third-order valence-corrected chi connectivity index (χ3v) is 8.67. The minimum atomic E-state index is -1.17. The highest BCUT2D eigenvalue weighted by molar-refractivity contribution is 6.05. The van der Waals surface area contributed by atoms with E-state index in [1.54, 1.807) is 11.0 Å². The van der Waals surface area contributed by atoms with E-state index >= 15 is 0 Å². The maximum Gasteiger partial charge on any atom is 0.312 e. The van der Waals surface area contributed by atoms with Gasteiger partial charge >= 0.3 is 5.97 Å². The number of nitrogens with zero attached hydrogens (tertiary/aromatic N) is 2. The summed E-state index contributed by atoms with van der Waals surface area (Å²) in [4.78, 5) is 45.3. The number of anilines is 1. The van der Waals surface area contributed by atoms with Crippen molar-refractivity contribution in [2.75, 3.05) is 24.7 Å². The van der Waals surface area contributed by atoms with Gasteiger partial charge in [-0.25, -0.2) is 0 Å². The molecule has 3 aliphatic heterocycles. The van der Waals surface area contributed by atoms with Gasteiger partial charge < -0.3 is 24.4 Å². The summed E-state index contributed by atoms with van der Waals surface area (Å²) in [5.74, 6) is -2.87. The standard InChI is InChI=1S/C30H40N2O6/c1-7-14-31(21-16-18(4)10-11-20(21)6)28(35)26-30-13-12-23(38-30)24(29(36)37-15-8-2)25(30)27(34)32(26)22(17-33)19(5)9-3/h7-8,10-11,16,19,22-26,33H,1-2,9,12-15,17H2,3-6H3/t19-,22-,23-,24+,25-,26?,30?/m0/s1. The van der Waals surface area contributed by atoms with Crippen LogP contribution in [-0.2, 0) is 23.9 Å². The lowest BCUT2D eigenvalue weighted by Gasteiger charge is -2.41. The molecule has 4 rings (SSSR count). The third-order valence-electron chi connectivity index (χ3n) is 8.67. The highest BCUT2D eigenvalue weighted by atomic mass is 16.6. The van der Waals surface area contributed by atoms with Gasteiger partial charge in [0.1, 0.15) is 18.2 Å². The first kappa shape index (κ1) is 28.0. The highest BCUT2D eigenvalue weighted by Gasteiger charge is 2.75. The Kier molecular flexibility index (Phi) is 8.14. The number of esters is 1. The number of carbonyl (C=O) groups is 3. The van der Waals surface area contributed by atoms with Crippen molar-refractivity contribution < 1.29 is 29.0 Å². The average Bonchev–Trinajstić information content (AvgIpc) is 3.55. The fraction of sp³-hybridized carbons (Fsp3) is 0.567. The lowest BCUT2D eigenvalue weighted by molar-refractivity contribution is -0.155. The van der Waals surface area contributed by atoms with Crippen LogP contribution in [0.1, 0.15) is 44.2 Å². The maximum absolute atomic E-state index is 14.7. The average molecular weight is 525 g/mol. The second-order valence-electron chi connectivity index (χ2n) is 10.9. The Morgan fingerprint density at radius 2 is 2.05 bits per heavy atom. The number of aliphatic hydroxyl groups excluding tert-OH is 1. The molecule has 1 N–H and O–H groups in total. The van der Waals surface area contributed by atoms with E-state index in [2.05, 4.69) is 13.2 Å². The number of amides is 2. The summed E-state index contributed by atoms with van der Waals surface area (Å²) in [6.45, 7) is 15.3. The number of rotatable bonds is 11. The fourth-order valence-electron chi connectivity index (χ4n) is 6.64. The summed E-state index contributed by atoms with van der Waals surface area (Å²) in [5.41, 5.74) is 1.48. The fourth-order valence-corrected chi connectivity index (χ4v) is 6.64. The van der Waals surface area contributed by atoms with Crippen molar-refractivity contribution in [2.45, 2.75) is 70.7 Å². The summed E-state index contributed by atoms with van der Waals surface area (Å²) in [7, 11) is 0. The zero-order chi connectivity index (χ0) is 27.8. The largest absolute Gasteiger partial charge is 0.461 e. The topological polar surface area (TPSA) is 96.4 Å². The van der Waals surface area contributed by atoms with Crippen LogP contribution in [0.3, 0.4) is 0 Å². The second-order valence-corrected chi connectivity index (χ2v) is 10.9. The number of aryl methyl sites for hydroxylation is 2. The van der Waals surface area contributed by atoms with E-state index in [4.69, 9.17) is 9.47 Å². The molecule has 2 bridgehead atoms. The smallest absolute Gasteiger partial charge is 0.312 e. The molecule has 206 valence electrons. The summed E-state index contributed by atoms with van der Waals surface area (Å²) in [5, 5.41) is 10.5. The number of fused-ring (bicyclic) bond motifs is 1. The van der Waals surface area contributed by atoms with Gasteiger partial charge in [-0.05, 0) is 49.8 Å². The van der Waals surface area contributed by atoms with Crippen molar-refractivity contribution in [3.05, 3.63) is 54.6 Å². The predicted octanol–water partition coefficient (Wildman–Crippen LogP) is 3.33. The molecule has 0 saturated carbocycles. The van der Waals surface area contributed by atoms with Crippen LogP contribution in [0.2, 0.25) is 0 Å².